The van der Waals surface area contributed by atoms with Gasteiger partial charge in [-0.1, -0.05) is 141 Å². The van der Waals surface area contributed by atoms with Crippen LogP contribution in [0.4, 0.5) is 17.1 Å². The maximum atomic E-state index is 6.81. The Morgan fingerprint density at radius 3 is 1.48 bits per heavy atom. The van der Waals surface area contributed by atoms with Crippen molar-refractivity contribution in [1.29, 1.82) is 0 Å². The molecule has 0 radical (unpaired) electrons. The van der Waals surface area contributed by atoms with Crippen molar-refractivity contribution in [2.24, 2.45) is 0 Å². The maximum absolute atomic E-state index is 6.81. The van der Waals surface area contributed by atoms with Crippen molar-refractivity contribution in [2.45, 2.75) is 19.3 Å². The van der Waals surface area contributed by atoms with E-state index in [4.69, 9.17) is 4.74 Å². The van der Waals surface area contributed by atoms with E-state index in [2.05, 4.69) is 207 Å². The molecule has 1 aliphatic rings. The predicted octanol–water partition coefficient (Wildman–Crippen LogP) is 15.0. The number of hydrogen-bond donors (Lipinski definition) is 0. The fraction of sp³-hybridized carbons (Fsp3) is 0.0588. The molecule has 0 fully saturated rings. The van der Waals surface area contributed by atoms with Crippen LogP contribution in [0.5, 0.6) is 11.5 Å². The number of thiophene rings is 1. The van der Waals surface area contributed by atoms with Gasteiger partial charge >= 0.3 is 0 Å². The van der Waals surface area contributed by atoms with Gasteiger partial charge in [0.25, 0.3) is 0 Å². The fourth-order valence-electron chi connectivity index (χ4n) is 8.04. The normalized spacial score (nSPS) is 12.9. The van der Waals surface area contributed by atoms with Crippen LogP contribution in [0.3, 0.4) is 0 Å². The Hall–Kier alpha value is -6.42. The number of hydrogen-bond acceptors (Lipinski definition) is 3. The van der Waals surface area contributed by atoms with Gasteiger partial charge in [-0.3, -0.25) is 0 Å². The molecule has 1 aliphatic heterocycles. The minimum atomic E-state index is -0.231. The minimum Gasteiger partial charge on any atom is -0.456 e. The highest BCUT2D eigenvalue weighted by molar-refractivity contribution is 7.25. The molecular formula is C51H37NOS. The lowest BCUT2D eigenvalue weighted by molar-refractivity contribution is 0.423. The van der Waals surface area contributed by atoms with E-state index in [1.165, 1.54) is 64.7 Å². The van der Waals surface area contributed by atoms with Crippen molar-refractivity contribution >= 4 is 48.6 Å². The Morgan fingerprint density at radius 2 is 0.907 bits per heavy atom. The molecule has 3 heteroatoms. The summed E-state index contributed by atoms with van der Waals surface area (Å²) >= 11 is 1.83. The van der Waals surface area contributed by atoms with Gasteiger partial charge in [-0.05, 0) is 94.0 Å². The smallest absolute Gasteiger partial charge is 0.140 e. The van der Waals surface area contributed by atoms with E-state index in [1.54, 1.807) is 0 Å². The molecular weight excluding hydrogens is 675 g/mol. The molecule has 0 amide bonds. The zero-order valence-corrected chi connectivity index (χ0v) is 31.0. The number of fused-ring (bicyclic) bond motifs is 6. The zero-order chi connectivity index (χ0) is 36.2. The van der Waals surface area contributed by atoms with E-state index in [1.807, 2.05) is 11.3 Å². The molecule has 0 aliphatic carbocycles. The average Bonchev–Trinajstić information content (AvgIpc) is 3.62. The molecule has 0 unspecified atom stereocenters. The van der Waals surface area contributed by atoms with Crippen LogP contribution < -0.4 is 9.64 Å². The zero-order valence-electron chi connectivity index (χ0n) is 30.2. The van der Waals surface area contributed by atoms with Crippen LogP contribution >= 0.6 is 11.3 Å². The van der Waals surface area contributed by atoms with Crippen molar-refractivity contribution in [3.8, 4) is 44.9 Å². The summed E-state index contributed by atoms with van der Waals surface area (Å²) in [5, 5.41) is 2.49. The average molecular weight is 712 g/mol. The number of benzene rings is 8. The molecule has 2 nitrogen and oxygen atoms in total. The maximum Gasteiger partial charge on any atom is 0.140 e. The van der Waals surface area contributed by atoms with Crippen molar-refractivity contribution in [1.82, 2.24) is 0 Å². The van der Waals surface area contributed by atoms with Crippen LogP contribution in [-0.2, 0) is 5.41 Å². The van der Waals surface area contributed by atoms with E-state index in [0.29, 0.717) is 0 Å². The summed E-state index contributed by atoms with van der Waals surface area (Å²) in [6, 6.07) is 67.7. The number of nitrogens with zero attached hydrogens (tertiary/aromatic N) is 1. The molecule has 8 aromatic carbocycles. The third-order valence-corrected chi connectivity index (χ3v) is 12.1. The van der Waals surface area contributed by atoms with Gasteiger partial charge in [0.05, 0.1) is 0 Å². The van der Waals surface area contributed by atoms with E-state index >= 15 is 0 Å². The Kier molecular flexibility index (Phi) is 7.71. The molecule has 2 heterocycles. The second-order valence-corrected chi connectivity index (χ2v) is 15.6. The van der Waals surface area contributed by atoms with Crippen molar-refractivity contribution < 1.29 is 4.74 Å². The van der Waals surface area contributed by atoms with E-state index in [9.17, 15) is 0 Å². The number of rotatable bonds is 6. The molecule has 0 atom stereocenters. The first-order chi connectivity index (χ1) is 26.5. The van der Waals surface area contributed by atoms with Crippen molar-refractivity contribution in [2.75, 3.05) is 4.90 Å². The summed E-state index contributed by atoms with van der Waals surface area (Å²) in [6.07, 6.45) is 0. The van der Waals surface area contributed by atoms with Gasteiger partial charge in [-0.25, -0.2) is 0 Å². The van der Waals surface area contributed by atoms with Gasteiger partial charge in [0, 0.05) is 53.8 Å². The highest BCUT2D eigenvalue weighted by Crippen LogP contribution is 2.53. The van der Waals surface area contributed by atoms with Crippen molar-refractivity contribution in [3.63, 3.8) is 0 Å². The number of anilines is 3. The minimum absolute atomic E-state index is 0.231. The van der Waals surface area contributed by atoms with Crippen LogP contribution in [0, 0.1) is 0 Å². The molecule has 0 N–H and O–H groups in total. The van der Waals surface area contributed by atoms with E-state index in [-0.39, 0.29) is 5.41 Å². The Balaban J connectivity index is 1.00. The van der Waals surface area contributed by atoms with Gasteiger partial charge in [-0.2, -0.15) is 0 Å². The van der Waals surface area contributed by atoms with Gasteiger partial charge < -0.3 is 9.64 Å². The molecule has 10 rings (SSSR count). The highest BCUT2D eigenvalue weighted by atomic mass is 32.1. The van der Waals surface area contributed by atoms with E-state index < -0.39 is 0 Å². The van der Waals surface area contributed by atoms with Crippen LogP contribution in [0.25, 0.3) is 53.6 Å². The van der Waals surface area contributed by atoms with Crippen molar-refractivity contribution in [3.05, 3.63) is 199 Å². The third-order valence-electron chi connectivity index (χ3n) is 11.0. The largest absolute Gasteiger partial charge is 0.456 e. The molecule has 9 aromatic rings. The van der Waals surface area contributed by atoms with Crippen LogP contribution in [-0.4, -0.2) is 0 Å². The lowest BCUT2D eigenvalue weighted by Crippen LogP contribution is -2.24. The summed E-state index contributed by atoms with van der Waals surface area (Å²) < 4.78 is 9.36. The Bertz CT molecular complexity index is 2700. The van der Waals surface area contributed by atoms with Gasteiger partial charge in [0.1, 0.15) is 11.5 Å². The van der Waals surface area contributed by atoms with Crippen LogP contribution in [0.15, 0.2) is 188 Å². The first-order valence-corrected chi connectivity index (χ1v) is 19.3. The summed E-state index contributed by atoms with van der Waals surface area (Å²) in [5.74, 6) is 1.92. The quantitative estimate of drug-likeness (QED) is 0.170. The SMILES string of the molecule is CC1(C)c2cc(-c3ccc(N(c4ccc(-c5ccccc5)cc4)c4ccc(-c5ccccc5)cc4)cc3)ccc2Oc2c1ccc1sc3ccccc3c21. The molecule has 0 spiro atoms. The first kappa shape index (κ1) is 32.2. The summed E-state index contributed by atoms with van der Waals surface area (Å²) in [4.78, 5) is 2.34. The number of ether oxygens (including phenoxy) is 1. The Labute approximate surface area is 320 Å². The van der Waals surface area contributed by atoms with Gasteiger partial charge in [-0.15, -0.1) is 11.3 Å². The molecule has 1 aromatic heterocycles. The summed E-state index contributed by atoms with van der Waals surface area (Å²) in [6.45, 7) is 4.65. The molecule has 0 bridgehead atoms. The fourth-order valence-corrected chi connectivity index (χ4v) is 9.15. The second kappa shape index (κ2) is 12.9. The van der Waals surface area contributed by atoms with E-state index in [0.717, 1.165) is 28.6 Å². The highest BCUT2D eigenvalue weighted by Gasteiger charge is 2.36. The standard InChI is InChI=1S/C51H37NOS/c1-51(2)44-30-32-48-49(43-15-9-10-16-47(43)54-48)50(44)53-46-31-23-39(33-45(46)51)38-21-28-42(29-22-38)52(40-24-17-36(18-25-40)34-11-5-3-6-12-34)41-26-19-37(20-27-41)35-13-7-4-8-14-35/h3-33H,1-2H3. The van der Waals surface area contributed by atoms with Gasteiger partial charge in [0.2, 0.25) is 0 Å². The molecule has 0 saturated heterocycles. The first-order valence-electron chi connectivity index (χ1n) is 18.5. The summed E-state index contributed by atoms with van der Waals surface area (Å²) in [5.41, 5.74) is 12.7. The van der Waals surface area contributed by atoms with Crippen LogP contribution in [0.2, 0.25) is 0 Å². The predicted molar refractivity (Wildman–Crippen MR) is 229 cm³/mol. The lowest BCUT2D eigenvalue weighted by atomic mass is 9.74. The monoisotopic (exact) mass is 711 g/mol. The molecule has 0 saturated carbocycles. The Morgan fingerprint density at radius 1 is 0.426 bits per heavy atom. The summed E-state index contributed by atoms with van der Waals surface area (Å²) in [7, 11) is 0. The van der Waals surface area contributed by atoms with Crippen LogP contribution in [0.1, 0.15) is 25.0 Å². The molecule has 54 heavy (non-hydrogen) atoms. The lowest BCUT2D eigenvalue weighted by Gasteiger charge is -2.35. The van der Waals surface area contributed by atoms with Gasteiger partial charge in [0.15, 0.2) is 0 Å². The topological polar surface area (TPSA) is 12.5 Å². The second-order valence-electron chi connectivity index (χ2n) is 14.6. The molecule has 258 valence electrons. The third kappa shape index (κ3) is 5.48.